The zero-order chi connectivity index (χ0) is 20.8. The van der Waals surface area contributed by atoms with Crippen LogP contribution in [0.4, 0.5) is 10.2 Å². The summed E-state index contributed by atoms with van der Waals surface area (Å²) in [5, 5.41) is 2.81. The van der Waals surface area contributed by atoms with E-state index in [4.69, 9.17) is 0 Å². The Balaban J connectivity index is 1.40. The lowest BCUT2D eigenvalue weighted by Gasteiger charge is -2.43. The first-order valence-corrected chi connectivity index (χ1v) is 10.4. The summed E-state index contributed by atoms with van der Waals surface area (Å²) in [5.41, 5.74) is 1.76. The van der Waals surface area contributed by atoms with Crippen molar-refractivity contribution in [1.82, 2.24) is 24.8 Å². The van der Waals surface area contributed by atoms with Gasteiger partial charge in [0.25, 0.3) is 5.56 Å². The summed E-state index contributed by atoms with van der Waals surface area (Å²) >= 11 is 0. The molecule has 8 nitrogen and oxygen atoms in total. The van der Waals surface area contributed by atoms with Crippen molar-refractivity contribution in [3.63, 3.8) is 0 Å². The van der Waals surface area contributed by atoms with Gasteiger partial charge in [-0.25, -0.2) is 14.4 Å². The average Bonchev–Trinajstić information content (AvgIpc) is 2.72. The number of nitrogens with one attached hydrogen (secondary N) is 1. The van der Waals surface area contributed by atoms with Crippen LogP contribution in [-0.4, -0.2) is 58.1 Å². The molecule has 0 spiro atoms. The predicted octanol–water partition coefficient (Wildman–Crippen LogP) is 0.641. The van der Waals surface area contributed by atoms with Crippen LogP contribution in [0.5, 0.6) is 0 Å². The van der Waals surface area contributed by atoms with Gasteiger partial charge in [0.05, 0.1) is 12.7 Å². The molecule has 3 aliphatic rings. The maximum atomic E-state index is 14.3. The number of piperazine rings is 1. The third-order valence-electron chi connectivity index (χ3n) is 6.34. The molecule has 1 amide bonds. The fourth-order valence-electron chi connectivity index (χ4n) is 5.02. The third-order valence-corrected chi connectivity index (χ3v) is 6.34. The largest absolute Gasteiger partial charge is 0.354 e. The van der Waals surface area contributed by atoms with Crippen LogP contribution in [-0.2, 0) is 17.9 Å². The van der Waals surface area contributed by atoms with Gasteiger partial charge in [-0.2, -0.15) is 0 Å². The third kappa shape index (κ3) is 3.47. The van der Waals surface area contributed by atoms with Gasteiger partial charge in [-0.15, -0.1) is 0 Å². The highest BCUT2D eigenvalue weighted by Crippen LogP contribution is 2.37. The predicted molar refractivity (Wildman–Crippen MR) is 109 cm³/mol. The van der Waals surface area contributed by atoms with E-state index < -0.39 is 5.82 Å². The number of halogens is 1. The van der Waals surface area contributed by atoms with Gasteiger partial charge >= 0.3 is 0 Å². The minimum absolute atomic E-state index is 0.00104. The molecule has 2 saturated heterocycles. The normalized spacial score (nSPS) is 23.8. The van der Waals surface area contributed by atoms with E-state index >= 15 is 0 Å². The van der Waals surface area contributed by atoms with Gasteiger partial charge in [0.15, 0.2) is 11.6 Å². The summed E-state index contributed by atoms with van der Waals surface area (Å²) in [4.78, 5) is 37.1. The lowest BCUT2D eigenvalue weighted by atomic mass is 9.83. The van der Waals surface area contributed by atoms with E-state index in [9.17, 15) is 14.0 Å². The van der Waals surface area contributed by atoms with E-state index in [1.807, 2.05) is 26.5 Å². The van der Waals surface area contributed by atoms with Crippen molar-refractivity contribution in [2.75, 3.05) is 37.6 Å². The molecule has 158 valence electrons. The van der Waals surface area contributed by atoms with Gasteiger partial charge in [0, 0.05) is 56.4 Å². The van der Waals surface area contributed by atoms with Crippen molar-refractivity contribution in [1.29, 1.82) is 0 Å². The van der Waals surface area contributed by atoms with Crippen LogP contribution in [0.2, 0.25) is 0 Å². The Labute approximate surface area is 173 Å². The van der Waals surface area contributed by atoms with Gasteiger partial charge < -0.3 is 14.8 Å². The van der Waals surface area contributed by atoms with Crippen LogP contribution in [0.3, 0.4) is 0 Å². The zero-order valence-corrected chi connectivity index (χ0v) is 17.0. The zero-order valence-electron chi connectivity index (χ0n) is 17.0. The molecule has 2 bridgehead atoms. The molecule has 9 heteroatoms. The van der Waals surface area contributed by atoms with Crippen molar-refractivity contribution in [3.8, 4) is 0 Å². The number of pyridine rings is 1. The maximum absolute atomic E-state index is 14.3. The molecule has 0 saturated carbocycles. The first kappa shape index (κ1) is 19.2. The molecular weight excluding hydrogens is 387 g/mol. The number of anilines is 1. The Morgan fingerprint density at radius 1 is 1.23 bits per heavy atom. The number of hydrogen-bond donors (Lipinski definition) is 1. The van der Waals surface area contributed by atoms with E-state index in [0.717, 1.165) is 24.2 Å². The molecule has 30 heavy (non-hydrogen) atoms. The second-order valence-corrected chi connectivity index (χ2v) is 8.55. The van der Waals surface area contributed by atoms with Crippen LogP contribution in [0.1, 0.15) is 29.4 Å². The van der Waals surface area contributed by atoms with Gasteiger partial charge in [-0.1, -0.05) is 6.07 Å². The number of piperidine rings is 1. The van der Waals surface area contributed by atoms with Crippen LogP contribution in [0.25, 0.3) is 0 Å². The summed E-state index contributed by atoms with van der Waals surface area (Å²) in [6.45, 7) is 5.87. The van der Waals surface area contributed by atoms with E-state index in [1.54, 1.807) is 6.92 Å². The smallest absolute Gasteiger partial charge is 0.255 e. The number of carbonyl (C=O) groups excluding carboxylic acids is 1. The summed E-state index contributed by atoms with van der Waals surface area (Å²) in [6, 6.07) is 3.93. The average molecular weight is 412 g/mol. The Bertz CT molecular complexity index is 1050. The Morgan fingerprint density at radius 2 is 2.10 bits per heavy atom. The van der Waals surface area contributed by atoms with Gasteiger partial charge in [0.2, 0.25) is 5.91 Å². The molecule has 0 aromatic carbocycles. The molecule has 5 heterocycles. The first-order chi connectivity index (χ1) is 14.5. The van der Waals surface area contributed by atoms with Crippen molar-refractivity contribution >= 4 is 11.7 Å². The highest BCUT2D eigenvalue weighted by Gasteiger charge is 2.36. The van der Waals surface area contributed by atoms with Crippen molar-refractivity contribution < 1.29 is 9.18 Å². The fourth-order valence-corrected chi connectivity index (χ4v) is 5.02. The molecular formula is C21H25FN6O2. The second kappa shape index (κ2) is 7.46. The number of aryl methyl sites for hydroxylation is 1. The Hall–Kier alpha value is -2.81. The van der Waals surface area contributed by atoms with E-state index in [-0.39, 0.29) is 23.3 Å². The van der Waals surface area contributed by atoms with Gasteiger partial charge in [0.1, 0.15) is 5.82 Å². The number of amides is 1. The Morgan fingerprint density at radius 3 is 2.93 bits per heavy atom. The fraction of sp³-hybridized carbons (Fsp3) is 0.524. The molecule has 2 aromatic heterocycles. The second-order valence-electron chi connectivity index (χ2n) is 8.55. The highest BCUT2D eigenvalue weighted by atomic mass is 19.1. The number of hydrogen-bond acceptors (Lipinski definition) is 6. The number of nitrogens with zero attached hydrogens (tertiary/aromatic N) is 5. The van der Waals surface area contributed by atoms with Crippen LogP contribution < -0.4 is 15.8 Å². The van der Waals surface area contributed by atoms with Crippen molar-refractivity contribution in [2.45, 2.75) is 32.4 Å². The van der Waals surface area contributed by atoms with Crippen LogP contribution in [0, 0.1) is 18.7 Å². The molecule has 0 unspecified atom stereocenters. The van der Waals surface area contributed by atoms with E-state index in [2.05, 4.69) is 15.3 Å². The lowest BCUT2D eigenvalue weighted by Crippen LogP contribution is -2.49. The van der Waals surface area contributed by atoms with Crippen molar-refractivity contribution in [3.05, 3.63) is 51.6 Å². The van der Waals surface area contributed by atoms with Crippen LogP contribution in [0.15, 0.2) is 23.1 Å². The topological polar surface area (TPSA) is 83.4 Å². The summed E-state index contributed by atoms with van der Waals surface area (Å²) < 4.78 is 16.2. The lowest BCUT2D eigenvalue weighted by molar-refractivity contribution is -0.124. The monoisotopic (exact) mass is 412 g/mol. The van der Waals surface area contributed by atoms with E-state index in [0.29, 0.717) is 50.9 Å². The minimum Gasteiger partial charge on any atom is -0.354 e. The first-order valence-electron chi connectivity index (χ1n) is 10.4. The minimum atomic E-state index is -0.404. The van der Waals surface area contributed by atoms with Gasteiger partial charge in [-0.3, -0.25) is 14.5 Å². The number of fused-ring (bicyclic) bond motifs is 4. The molecule has 2 aromatic rings. The quantitative estimate of drug-likeness (QED) is 0.797. The molecule has 2 fully saturated rings. The maximum Gasteiger partial charge on any atom is 0.255 e. The Kier molecular flexibility index (Phi) is 4.77. The summed E-state index contributed by atoms with van der Waals surface area (Å²) in [6.07, 6.45) is 2.22. The molecule has 0 aliphatic carbocycles. The van der Waals surface area contributed by atoms with Gasteiger partial charge in [-0.05, 0) is 25.3 Å². The standard InChI is InChI=1S/C21H25FN6O2/c1-13-24-7-17(22)20(25-13)27-8-14-6-16(11-27)18-3-2-15(21(30)28(18)9-14)10-26-5-4-23-19(29)12-26/h2-3,7,14,16H,4-6,8-12H2,1H3,(H,23,29)/t14-,16+/m0/s1. The number of aromatic nitrogens is 3. The summed E-state index contributed by atoms with van der Waals surface area (Å²) in [7, 11) is 0. The number of rotatable bonds is 3. The highest BCUT2D eigenvalue weighted by molar-refractivity contribution is 5.78. The van der Waals surface area contributed by atoms with Crippen LogP contribution >= 0.6 is 0 Å². The molecule has 0 radical (unpaired) electrons. The molecule has 1 N–H and O–H groups in total. The molecule has 3 aliphatic heterocycles. The molecule has 5 rings (SSSR count). The SMILES string of the molecule is Cc1ncc(F)c(N2C[C@@H]3C[C@H](C2)c2ccc(CN4CCNC(=O)C4)c(=O)n2C3)n1. The van der Waals surface area contributed by atoms with Crippen molar-refractivity contribution in [2.24, 2.45) is 5.92 Å². The molecule has 2 atom stereocenters. The van der Waals surface area contributed by atoms with E-state index in [1.165, 1.54) is 6.20 Å². The number of carbonyl (C=O) groups is 1. The summed E-state index contributed by atoms with van der Waals surface area (Å²) in [5.74, 6) is 0.928.